The molecule has 2 aliphatic rings. The van der Waals surface area contributed by atoms with Gasteiger partial charge in [0.15, 0.2) is 0 Å². The molecule has 2 fully saturated rings. The molecule has 4 heteroatoms. The van der Waals surface area contributed by atoms with Gasteiger partial charge in [-0.3, -0.25) is 0 Å². The van der Waals surface area contributed by atoms with Crippen LogP contribution in [0.5, 0.6) is 0 Å². The average Bonchev–Trinajstić information content (AvgIpc) is 2.28. The van der Waals surface area contributed by atoms with Crippen molar-refractivity contribution in [2.75, 3.05) is 33.3 Å². The van der Waals surface area contributed by atoms with Crippen LogP contribution in [-0.4, -0.2) is 56.4 Å². The Bertz CT molecular complexity index is 204. The number of hydrogen-bond acceptors (Lipinski definition) is 4. The zero-order valence-electron chi connectivity index (χ0n) is 10.3. The smallest absolute Gasteiger partial charge is 0.0826 e. The van der Waals surface area contributed by atoms with Gasteiger partial charge in [-0.2, -0.15) is 0 Å². The zero-order valence-corrected chi connectivity index (χ0v) is 10.3. The van der Waals surface area contributed by atoms with Crippen LogP contribution in [-0.2, 0) is 4.74 Å². The molecule has 1 aliphatic carbocycles. The van der Waals surface area contributed by atoms with E-state index in [1.807, 2.05) is 0 Å². The highest BCUT2D eigenvalue weighted by Gasteiger charge is 2.21. The molecular weight excluding hydrogens is 202 g/mol. The van der Waals surface area contributed by atoms with E-state index in [9.17, 15) is 0 Å². The Morgan fingerprint density at radius 3 is 2.75 bits per heavy atom. The highest BCUT2D eigenvalue weighted by Crippen LogP contribution is 2.17. The monoisotopic (exact) mass is 227 g/mol. The minimum Gasteiger partial charge on any atom is -0.374 e. The van der Waals surface area contributed by atoms with E-state index in [4.69, 9.17) is 10.5 Å². The van der Waals surface area contributed by atoms with Crippen molar-refractivity contribution in [3.63, 3.8) is 0 Å². The Hall–Kier alpha value is -0.160. The van der Waals surface area contributed by atoms with E-state index in [0.717, 1.165) is 26.2 Å². The number of rotatable bonds is 3. The number of likely N-dealkylation sites (N-methyl/N-ethyl adjacent to an activating group) is 1. The van der Waals surface area contributed by atoms with Gasteiger partial charge in [0.25, 0.3) is 0 Å². The lowest BCUT2D eigenvalue weighted by Crippen LogP contribution is -2.47. The van der Waals surface area contributed by atoms with Gasteiger partial charge in [0, 0.05) is 31.7 Å². The molecule has 2 rings (SSSR count). The fourth-order valence-electron chi connectivity index (χ4n) is 2.61. The van der Waals surface area contributed by atoms with Crippen LogP contribution in [0.4, 0.5) is 0 Å². The molecule has 1 unspecified atom stereocenters. The largest absolute Gasteiger partial charge is 0.374 e. The predicted octanol–water partition coefficient (Wildman–Crippen LogP) is 0.177. The fourth-order valence-corrected chi connectivity index (χ4v) is 2.61. The summed E-state index contributed by atoms with van der Waals surface area (Å²) in [6.45, 7) is 3.98. The van der Waals surface area contributed by atoms with E-state index in [1.54, 1.807) is 0 Å². The third kappa shape index (κ3) is 3.70. The lowest BCUT2D eigenvalue weighted by molar-refractivity contribution is -0.0197. The molecule has 16 heavy (non-hydrogen) atoms. The van der Waals surface area contributed by atoms with Crippen molar-refractivity contribution in [1.82, 2.24) is 10.2 Å². The number of morpholine rings is 1. The highest BCUT2D eigenvalue weighted by atomic mass is 16.5. The van der Waals surface area contributed by atoms with Gasteiger partial charge < -0.3 is 20.7 Å². The highest BCUT2D eigenvalue weighted by molar-refractivity contribution is 4.80. The maximum Gasteiger partial charge on any atom is 0.0826 e. The van der Waals surface area contributed by atoms with Crippen molar-refractivity contribution >= 4 is 0 Å². The van der Waals surface area contributed by atoms with Crippen LogP contribution in [0.1, 0.15) is 25.7 Å². The molecule has 0 radical (unpaired) electrons. The summed E-state index contributed by atoms with van der Waals surface area (Å²) in [5.74, 6) is 0. The Morgan fingerprint density at radius 1 is 1.31 bits per heavy atom. The molecule has 1 saturated heterocycles. The molecular formula is C12H25N3O. The first-order chi connectivity index (χ1) is 7.74. The van der Waals surface area contributed by atoms with Crippen molar-refractivity contribution in [3.05, 3.63) is 0 Å². The van der Waals surface area contributed by atoms with Crippen molar-refractivity contribution < 1.29 is 4.74 Å². The van der Waals surface area contributed by atoms with Crippen molar-refractivity contribution in [2.45, 2.75) is 43.9 Å². The lowest BCUT2D eigenvalue weighted by atomic mass is 9.92. The summed E-state index contributed by atoms with van der Waals surface area (Å²) in [5.41, 5.74) is 5.89. The first kappa shape index (κ1) is 12.3. The van der Waals surface area contributed by atoms with E-state index in [1.165, 1.54) is 25.7 Å². The molecule has 0 aromatic heterocycles. The topological polar surface area (TPSA) is 50.5 Å². The Labute approximate surface area is 98.5 Å². The van der Waals surface area contributed by atoms with Crippen LogP contribution in [0.15, 0.2) is 0 Å². The first-order valence-corrected chi connectivity index (χ1v) is 6.53. The van der Waals surface area contributed by atoms with Crippen molar-refractivity contribution in [3.8, 4) is 0 Å². The molecule has 0 bridgehead atoms. The molecule has 3 N–H and O–H groups in total. The van der Waals surface area contributed by atoms with E-state index in [2.05, 4.69) is 17.3 Å². The van der Waals surface area contributed by atoms with Gasteiger partial charge in [-0.1, -0.05) is 0 Å². The van der Waals surface area contributed by atoms with E-state index in [-0.39, 0.29) is 0 Å². The van der Waals surface area contributed by atoms with Gasteiger partial charge in [0.2, 0.25) is 0 Å². The normalized spacial score (nSPS) is 37.5. The molecule has 94 valence electrons. The van der Waals surface area contributed by atoms with Crippen LogP contribution in [0.2, 0.25) is 0 Å². The van der Waals surface area contributed by atoms with Crippen LogP contribution >= 0.6 is 0 Å². The second-order valence-electron chi connectivity index (χ2n) is 5.27. The molecule has 1 saturated carbocycles. The van der Waals surface area contributed by atoms with Crippen LogP contribution < -0.4 is 11.1 Å². The molecule has 0 spiro atoms. The minimum absolute atomic E-state index is 0.370. The minimum atomic E-state index is 0.370. The Balaban J connectivity index is 1.63. The number of ether oxygens (including phenoxy) is 1. The average molecular weight is 227 g/mol. The first-order valence-electron chi connectivity index (χ1n) is 6.53. The van der Waals surface area contributed by atoms with Gasteiger partial charge in [-0.25, -0.2) is 0 Å². The van der Waals surface area contributed by atoms with Crippen LogP contribution in [0.3, 0.4) is 0 Å². The predicted molar refractivity (Wildman–Crippen MR) is 65.5 cm³/mol. The van der Waals surface area contributed by atoms with Crippen LogP contribution in [0, 0.1) is 0 Å². The lowest BCUT2D eigenvalue weighted by Gasteiger charge is -2.33. The third-order valence-corrected chi connectivity index (χ3v) is 3.75. The van der Waals surface area contributed by atoms with Gasteiger partial charge >= 0.3 is 0 Å². The zero-order chi connectivity index (χ0) is 11.4. The van der Waals surface area contributed by atoms with Gasteiger partial charge in [0.1, 0.15) is 0 Å². The number of nitrogens with zero attached hydrogens (tertiary/aromatic N) is 1. The summed E-state index contributed by atoms with van der Waals surface area (Å²) in [7, 11) is 2.16. The number of nitrogens with two attached hydrogens (primary N) is 1. The second-order valence-corrected chi connectivity index (χ2v) is 5.27. The molecule has 1 aliphatic heterocycles. The molecule has 0 aromatic rings. The van der Waals surface area contributed by atoms with E-state index >= 15 is 0 Å². The fraction of sp³-hybridized carbons (Fsp3) is 1.00. The Kier molecular flexibility index (Phi) is 4.58. The second kappa shape index (κ2) is 5.96. The molecule has 1 atom stereocenters. The van der Waals surface area contributed by atoms with Crippen molar-refractivity contribution in [2.24, 2.45) is 5.73 Å². The van der Waals surface area contributed by atoms with Crippen LogP contribution in [0.25, 0.3) is 0 Å². The molecule has 4 nitrogen and oxygen atoms in total. The summed E-state index contributed by atoms with van der Waals surface area (Å²) < 4.78 is 5.73. The summed E-state index contributed by atoms with van der Waals surface area (Å²) in [5, 5.41) is 3.63. The van der Waals surface area contributed by atoms with Gasteiger partial charge in [0.05, 0.1) is 12.7 Å². The molecule has 1 heterocycles. The van der Waals surface area contributed by atoms with Gasteiger partial charge in [-0.05, 0) is 32.7 Å². The quantitative estimate of drug-likeness (QED) is 0.722. The standard InChI is InChI=1S/C12H25N3O/c1-15-6-7-16-12(9-15)8-14-11-4-2-10(13)3-5-11/h10-12,14H,2-9,13H2,1H3. The van der Waals surface area contributed by atoms with Crippen molar-refractivity contribution in [1.29, 1.82) is 0 Å². The molecule has 0 amide bonds. The number of hydrogen-bond donors (Lipinski definition) is 2. The van der Waals surface area contributed by atoms with E-state index < -0.39 is 0 Å². The summed E-state index contributed by atoms with van der Waals surface area (Å²) >= 11 is 0. The maximum atomic E-state index is 5.89. The van der Waals surface area contributed by atoms with E-state index in [0.29, 0.717) is 18.2 Å². The SMILES string of the molecule is CN1CCOC(CNC2CCC(N)CC2)C1. The summed E-state index contributed by atoms with van der Waals surface area (Å²) in [6.07, 6.45) is 5.16. The number of nitrogens with one attached hydrogen (secondary N) is 1. The summed E-state index contributed by atoms with van der Waals surface area (Å²) in [4.78, 5) is 2.34. The molecule has 0 aromatic carbocycles. The maximum absolute atomic E-state index is 5.89. The Morgan fingerprint density at radius 2 is 2.06 bits per heavy atom. The van der Waals surface area contributed by atoms with Gasteiger partial charge in [-0.15, -0.1) is 0 Å². The summed E-state index contributed by atoms with van der Waals surface area (Å²) in [6, 6.07) is 1.10. The third-order valence-electron chi connectivity index (χ3n) is 3.75.